The van der Waals surface area contributed by atoms with Crippen molar-refractivity contribution >= 4 is 36.3 Å². The van der Waals surface area contributed by atoms with E-state index < -0.39 is 54.0 Å². The topological polar surface area (TPSA) is 220 Å². The van der Waals surface area contributed by atoms with Gasteiger partial charge in [-0.3, -0.25) is 14.4 Å². The third kappa shape index (κ3) is 8.55. The number of thiol groups is 1. The predicted molar refractivity (Wildman–Crippen MR) is 131 cm³/mol. The number of carbonyl (C=O) groups excluding carboxylic acids is 3. The number of imidazole rings is 1. The number of aliphatic hydroxyl groups excluding tert-OH is 1. The maximum atomic E-state index is 13.3. The van der Waals surface area contributed by atoms with E-state index in [1.165, 1.54) is 31.6 Å². The van der Waals surface area contributed by atoms with Crippen molar-refractivity contribution in [2.24, 2.45) is 5.73 Å². The van der Waals surface area contributed by atoms with Crippen LogP contribution in [-0.2, 0) is 32.0 Å². The Labute approximate surface area is 212 Å². The number of phenolic OH excluding ortho intramolecular Hbond substituents is 1. The minimum Gasteiger partial charge on any atom is -0.508 e. The molecule has 0 saturated heterocycles. The normalized spacial score (nSPS) is 15.1. The fraction of sp³-hybridized carbons (Fsp3) is 0.409. The Morgan fingerprint density at radius 3 is 2.14 bits per heavy atom. The van der Waals surface area contributed by atoms with Crippen molar-refractivity contribution in [3.05, 3.63) is 48.0 Å². The Balaban J connectivity index is 2.28. The minimum atomic E-state index is -1.61. The van der Waals surface area contributed by atoms with Crippen LogP contribution in [0.3, 0.4) is 0 Å². The number of nitrogens with two attached hydrogens (primary N) is 1. The van der Waals surface area contributed by atoms with Crippen LogP contribution in [0, 0.1) is 0 Å². The summed E-state index contributed by atoms with van der Waals surface area (Å²) in [5.74, 6) is -3.66. The molecule has 2 rings (SSSR count). The molecule has 0 spiro atoms. The van der Waals surface area contributed by atoms with Crippen LogP contribution in [0.1, 0.15) is 18.2 Å². The third-order valence-corrected chi connectivity index (χ3v) is 5.59. The van der Waals surface area contributed by atoms with Gasteiger partial charge in [0.15, 0.2) is 6.04 Å². The number of aromatic amines is 1. The first kappa shape index (κ1) is 28.6. The van der Waals surface area contributed by atoms with E-state index in [0.717, 1.165) is 0 Å². The van der Waals surface area contributed by atoms with Crippen molar-refractivity contribution in [3.8, 4) is 5.75 Å². The zero-order valence-electron chi connectivity index (χ0n) is 19.4. The molecule has 2 aromatic rings. The number of nitrogens with zero attached hydrogens (tertiary/aromatic N) is 1. The number of carboxylic acids is 1. The van der Waals surface area contributed by atoms with Crippen LogP contribution in [0.4, 0.5) is 0 Å². The number of hydrogen-bond acceptors (Lipinski definition) is 9. The molecular weight excluding hydrogens is 492 g/mol. The number of H-pyrrole nitrogens is 1. The van der Waals surface area contributed by atoms with Crippen LogP contribution in [0.25, 0.3) is 0 Å². The number of aliphatic hydroxyl groups is 1. The van der Waals surface area contributed by atoms with Crippen molar-refractivity contribution in [2.75, 3.05) is 5.75 Å². The smallest absolute Gasteiger partial charge is 0.328 e. The molecule has 1 aromatic carbocycles. The van der Waals surface area contributed by atoms with Gasteiger partial charge in [-0.25, -0.2) is 9.78 Å². The maximum Gasteiger partial charge on any atom is 0.328 e. The lowest BCUT2D eigenvalue weighted by Gasteiger charge is -2.25. The molecule has 0 fully saturated rings. The second-order valence-corrected chi connectivity index (χ2v) is 8.49. The fourth-order valence-corrected chi connectivity index (χ4v) is 3.34. The third-order valence-electron chi connectivity index (χ3n) is 5.20. The highest BCUT2D eigenvalue weighted by Crippen LogP contribution is 2.12. The second-order valence-electron chi connectivity index (χ2n) is 8.13. The number of aromatic hydroxyl groups is 1. The molecule has 13 nitrogen and oxygen atoms in total. The highest BCUT2D eigenvalue weighted by molar-refractivity contribution is 7.80. The lowest BCUT2D eigenvalue weighted by Crippen LogP contribution is -2.59. The van der Waals surface area contributed by atoms with E-state index >= 15 is 0 Å². The average Bonchev–Trinajstić information content (AvgIpc) is 3.34. The molecule has 0 bridgehead atoms. The van der Waals surface area contributed by atoms with Gasteiger partial charge in [-0.05, 0) is 24.6 Å². The highest BCUT2D eigenvalue weighted by Gasteiger charge is 2.32. The van der Waals surface area contributed by atoms with Crippen LogP contribution in [0.5, 0.6) is 5.75 Å². The predicted octanol–water partition coefficient (Wildman–Crippen LogP) is -1.92. The summed E-state index contributed by atoms with van der Waals surface area (Å²) in [4.78, 5) is 56.7. The summed E-state index contributed by atoms with van der Waals surface area (Å²) in [6, 6.07) is 0.914. The van der Waals surface area contributed by atoms with Crippen LogP contribution in [-0.4, -0.2) is 85.0 Å². The molecule has 9 N–H and O–H groups in total. The van der Waals surface area contributed by atoms with Gasteiger partial charge in [0.1, 0.15) is 17.8 Å². The molecule has 3 amide bonds. The number of aromatic nitrogens is 2. The average molecular weight is 523 g/mol. The van der Waals surface area contributed by atoms with E-state index in [1.54, 1.807) is 12.1 Å². The monoisotopic (exact) mass is 522 g/mol. The second kappa shape index (κ2) is 13.5. The molecule has 36 heavy (non-hydrogen) atoms. The van der Waals surface area contributed by atoms with Crippen LogP contribution >= 0.6 is 12.6 Å². The zero-order chi connectivity index (χ0) is 26.8. The SMILES string of the molecule is CC(O)C(NC(=O)C(Cc1cnc[nH]1)NC(=O)C(Cc1ccc(O)cc1)NC(=O)C(N)CS)C(=O)O. The Morgan fingerprint density at radius 2 is 1.61 bits per heavy atom. The first-order valence-electron chi connectivity index (χ1n) is 10.9. The van der Waals surface area contributed by atoms with Crippen molar-refractivity contribution in [1.29, 1.82) is 0 Å². The quantitative estimate of drug-likeness (QED) is 0.134. The molecule has 0 radical (unpaired) electrons. The number of carboxylic acid groups (broad SMARTS) is 1. The van der Waals surface area contributed by atoms with Gasteiger partial charge in [0.25, 0.3) is 0 Å². The van der Waals surface area contributed by atoms with E-state index in [1.807, 2.05) is 0 Å². The molecule has 0 saturated carbocycles. The maximum absolute atomic E-state index is 13.3. The molecular formula is C22H30N6O7S. The largest absolute Gasteiger partial charge is 0.508 e. The summed E-state index contributed by atoms with van der Waals surface area (Å²) in [7, 11) is 0. The first-order chi connectivity index (χ1) is 17.0. The molecule has 5 unspecified atom stereocenters. The highest BCUT2D eigenvalue weighted by atomic mass is 32.1. The van der Waals surface area contributed by atoms with Crippen LogP contribution in [0.2, 0.25) is 0 Å². The summed E-state index contributed by atoms with van der Waals surface area (Å²) < 4.78 is 0. The molecule has 196 valence electrons. The van der Waals surface area contributed by atoms with E-state index in [-0.39, 0.29) is 24.3 Å². The summed E-state index contributed by atoms with van der Waals surface area (Å²) >= 11 is 3.99. The number of benzene rings is 1. The number of nitrogens with one attached hydrogen (secondary N) is 4. The van der Waals surface area contributed by atoms with Gasteiger partial charge in [-0.2, -0.15) is 12.6 Å². The number of hydrogen-bond donors (Lipinski definition) is 9. The van der Waals surface area contributed by atoms with Gasteiger partial charge in [0.05, 0.1) is 18.5 Å². The van der Waals surface area contributed by atoms with Gasteiger partial charge in [-0.1, -0.05) is 12.1 Å². The van der Waals surface area contributed by atoms with Gasteiger partial charge in [0, 0.05) is 30.5 Å². The van der Waals surface area contributed by atoms with E-state index in [4.69, 9.17) is 5.73 Å². The van der Waals surface area contributed by atoms with Crippen LogP contribution in [0.15, 0.2) is 36.8 Å². The number of phenols is 1. The number of carbonyl (C=O) groups is 4. The zero-order valence-corrected chi connectivity index (χ0v) is 20.3. The molecule has 14 heteroatoms. The van der Waals surface area contributed by atoms with Gasteiger partial charge < -0.3 is 42.0 Å². The lowest BCUT2D eigenvalue weighted by molar-refractivity contribution is -0.145. The van der Waals surface area contributed by atoms with Crippen LogP contribution < -0.4 is 21.7 Å². The molecule has 1 aromatic heterocycles. The fourth-order valence-electron chi connectivity index (χ4n) is 3.18. The Hall–Kier alpha value is -3.62. The molecule has 5 atom stereocenters. The number of rotatable bonds is 13. The molecule has 0 aliphatic heterocycles. The number of amides is 3. The van der Waals surface area contributed by atoms with E-state index in [0.29, 0.717) is 11.3 Å². The van der Waals surface area contributed by atoms with Crippen molar-refractivity contribution in [2.45, 2.75) is 50.0 Å². The Kier molecular flexibility index (Phi) is 10.7. The van der Waals surface area contributed by atoms with Crippen molar-refractivity contribution < 1.29 is 34.5 Å². The Morgan fingerprint density at radius 1 is 1.03 bits per heavy atom. The van der Waals surface area contributed by atoms with Gasteiger partial charge in [-0.15, -0.1) is 0 Å². The summed E-state index contributed by atoms with van der Waals surface area (Å²) in [6.07, 6.45) is 1.31. The molecule has 1 heterocycles. The van der Waals surface area contributed by atoms with E-state index in [9.17, 15) is 34.5 Å². The number of aliphatic carboxylic acids is 1. The van der Waals surface area contributed by atoms with Crippen molar-refractivity contribution in [3.63, 3.8) is 0 Å². The lowest BCUT2D eigenvalue weighted by atomic mass is 10.0. The summed E-state index contributed by atoms with van der Waals surface area (Å²) in [5, 5.41) is 35.8. The van der Waals surface area contributed by atoms with E-state index in [2.05, 4.69) is 38.5 Å². The standard InChI is InChI=1S/C22H30N6O7S/c1-11(29)18(22(34)35)28-21(33)17(7-13-8-24-10-25-13)27-20(32)16(26-19(31)15(23)9-36)6-12-2-4-14(30)5-3-12/h2-5,8,10-11,15-18,29-30,36H,6-7,9,23H2,1H3,(H,24,25)(H,26,31)(H,27,32)(H,28,33)(H,34,35). The van der Waals surface area contributed by atoms with Gasteiger partial charge in [0.2, 0.25) is 17.7 Å². The first-order valence-corrected chi connectivity index (χ1v) is 11.6. The Bertz CT molecular complexity index is 1030. The molecule has 0 aliphatic carbocycles. The van der Waals surface area contributed by atoms with Crippen molar-refractivity contribution in [1.82, 2.24) is 25.9 Å². The van der Waals surface area contributed by atoms with Gasteiger partial charge >= 0.3 is 5.97 Å². The minimum absolute atomic E-state index is 0.000959. The summed E-state index contributed by atoms with van der Waals surface area (Å²) in [6.45, 7) is 1.20. The molecule has 0 aliphatic rings. The summed E-state index contributed by atoms with van der Waals surface area (Å²) in [5.41, 5.74) is 6.79.